The minimum absolute atomic E-state index is 0. The van der Waals surface area contributed by atoms with E-state index in [9.17, 15) is 40.6 Å². The standard InChI is InChI=1S/C4H4NO15PS4.Li.H/c6-1(17-22-13)3(8)19-24(15)5(21(10,11)12)25(16)20-4(9)2(7)18-23-14;;/h22-23H,(H2,10,11,12);;. The molecule has 16 nitrogen and oxygen atoms in total. The van der Waals surface area contributed by atoms with Gasteiger partial charge in [0.1, 0.15) is 0 Å². The summed E-state index contributed by atoms with van der Waals surface area (Å²) in [4.78, 5) is 61.2. The third-order valence-corrected chi connectivity index (χ3v) is 6.15. The molecule has 0 saturated carbocycles. The molecule has 0 spiro atoms. The Labute approximate surface area is 167 Å². The zero-order valence-electron chi connectivity index (χ0n) is 10.8. The Hall–Kier alpha value is -0.813. The Morgan fingerprint density at radius 1 is 0.808 bits per heavy atom. The van der Waals surface area contributed by atoms with Crippen LogP contribution in [0.1, 0.15) is 0 Å². The molecule has 0 aliphatic heterocycles. The molecule has 2 atom stereocenters. The SMILES string of the molecule is O=[SH]OC(=O)C(=O)OS(=O)N(S(=O)OC(=O)C(=O)O[SH]=O)P(=O)(O)O.[LiH]. The van der Waals surface area contributed by atoms with E-state index < -0.39 is 81.5 Å². The van der Waals surface area contributed by atoms with Crippen LogP contribution in [0.2, 0.25) is 0 Å². The van der Waals surface area contributed by atoms with Gasteiger partial charge in [0.15, 0.2) is 23.9 Å². The number of carbonyl (C=O) groups is 4. The van der Waals surface area contributed by atoms with E-state index in [0.29, 0.717) is 0 Å². The second-order valence-electron chi connectivity index (χ2n) is 2.83. The summed E-state index contributed by atoms with van der Waals surface area (Å²) in [6, 6.07) is 0. The molecular formula is C4H5LiNO15PS4. The number of rotatable bonds is 7. The van der Waals surface area contributed by atoms with Crippen LogP contribution in [0.25, 0.3) is 0 Å². The van der Waals surface area contributed by atoms with Crippen LogP contribution in [0.4, 0.5) is 0 Å². The van der Waals surface area contributed by atoms with Gasteiger partial charge in [-0.2, -0.15) is 8.42 Å². The molecule has 146 valence electrons. The van der Waals surface area contributed by atoms with Gasteiger partial charge in [-0.3, -0.25) is 0 Å². The zero-order valence-corrected chi connectivity index (χ0v) is 15.1. The third-order valence-electron chi connectivity index (χ3n) is 1.34. The summed E-state index contributed by atoms with van der Waals surface area (Å²) in [5.74, 6) is -8.41. The van der Waals surface area contributed by atoms with Gasteiger partial charge in [-0.05, 0) is 0 Å². The maximum absolute atomic E-state index is 11.5. The average molecular weight is 473 g/mol. The predicted octanol–water partition coefficient (Wildman–Crippen LogP) is -5.22. The van der Waals surface area contributed by atoms with Gasteiger partial charge in [-0.15, -0.1) is 0 Å². The van der Waals surface area contributed by atoms with Crippen LogP contribution in [-0.4, -0.2) is 72.8 Å². The number of carbonyl (C=O) groups excluding carboxylic acids is 4. The number of nitrogens with zero attached hydrogens (tertiary/aromatic N) is 1. The van der Waals surface area contributed by atoms with Crippen molar-refractivity contribution in [1.29, 1.82) is 0 Å². The molecule has 2 N–H and O–H groups in total. The first-order valence-electron chi connectivity index (χ1n) is 4.68. The molecule has 22 heteroatoms. The van der Waals surface area contributed by atoms with Crippen LogP contribution in [0.3, 0.4) is 0 Å². The molecule has 0 amide bonds. The Morgan fingerprint density at radius 2 is 1.12 bits per heavy atom. The molecule has 0 aromatic heterocycles. The van der Waals surface area contributed by atoms with Crippen LogP contribution in [0.15, 0.2) is 0 Å². The molecule has 0 rings (SSSR count). The monoisotopic (exact) mass is 473 g/mol. The van der Waals surface area contributed by atoms with Crippen molar-refractivity contribution >= 4 is 96.9 Å². The van der Waals surface area contributed by atoms with Crippen molar-refractivity contribution in [2.24, 2.45) is 0 Å². The third kappa shape index (κ3) is 9.22. The Kier molecular flexibility index (Phi) is 13.2. The predicted molar refractivity (Wildman–Crippen MR) is 80.8 cm³/mol. The molecule has 0 saturated heterocycles. The van der Waals surface area contributed by atoms with Gasteiger partial charge in [0.25, 0.3) is 0 Å². The van der Waals surface area contributed by atoms with E-state index >= 15 is 0 Å². The summed E-state index contributed by atoms with van der Waals surface area (Å²) in [7, 11) is -5.84. The molecule has 26 heavy (non-hydrogen) atoms. The summed E-state index contributed by atoms with van der Waals surface area (Å²) in [6.45, 7) is 0. The van der Waals surface area contributed by atoms with E-state index in [2.05, 4.69) is 16.7 Å². The molecule has 0 fully saturated rings. The summed E-state index contributed by atoms with van der Waals surface area (Å²) >= 11 is -10.1. The second kappa shape index (κ2) is 12.6. The van der Waals surface area contributed by atoms with Gasteiger partial charge in [-0.1, -0.05) is 0 Å². The van der Waals surface area contributed by atoms with Crippen molar-refractivity contribution in [2.45, 2.75) is 0 Å². The first kappa shape index (κ1) is 27.4. The van der Waals surface area contributed by atoms with E-state index in [1.54, 1.807) is 0 Å². The summed E-state index contributed by atoms with van der Waals surface area (Å²) < 4.78 is 67.3. The van der Waals surface area contributed by atoms with E-state index in [1.165, 1.54) is 0 Å². The van der Waals surface area contributed by atoms with Gasteiger partial charge >= 0.3 is 73.0 Å². The Balaban J connectivity index is 0. The van der Waals surface area contributed by atoms with Gasteiger partial charge in [0, 0.05) is 3.48 Å². The van der Waals surface area contributed by atoms with Gasteiger partial charge in [-0.25, -0.2) is 32.2 Å². The van der Waals surface area contributed by atoms with Crippen LogP contribution >= 0.6 is 7.75 Å². The molecule has 0 aromatic carbocycles. The molecule has 0 aliphatic carbocycles. The Bertz CT molecular complexity index is 654. The van der Waals surface area contributed by atoms with Crippen LogP contribution in [0.5, 0.6) is 0 Å². The van der Waals surface area contributed by atoms with Crippen molar-refractivity contribution in [3.63, 3.8) is 0 Å². The van der Waals surface area contributed by atoms with Crippen molar-refractivity contribution in [3.8, 4) is 0 Å². The van der Waals surface area contributed by atoms with E-state index in [4.69, 9.17) is 9.79 Å². The molecule has 0 bridgehead atoms. The number of thiol groups is 2. The topological polar surface area (TPSA) is 234 Å². The van der Waals surface area contributed by atoms with Gasteiger partial charge < -0.3 is 26.5 Å². The summed E-state index contributed by atoms with van der Waals surface area (Å²) in [5.41, 5.74) is 0. The fourth-order valence-corrected chi connectivity index (χ4v) is 3.60. The molecule has 0 heterocycles. The normalized spacial score (nSPS) is 12.9. The molecule has 0 radical (unpaired) electrons. The van der Waals surface area contributed by atoms with E-state index in [-0.39, 0.29) is 18.9 Å². The van der Waals surface area contributed by atoms with Crippen LogP contribution < -0.4 is 0 Å². The summed E-state index contributed by atoms with van der Waals surface area (Å²) in [6.07, 6.45) is 0. The van der Waals surface area contributed by atoms with E-state index in [1.807, 2.05) is 0 Å². The first-order chi connectivity index (χ1) is 11.4. The first-order valence-corrected chi connectivity index (χ1v) is 9.77. The number of hydrogen-bond donors (Lipinski definition) is 4. The minimum atomic E-state index is -5.84. The van der Waals surface area contributed by atoms with Crippen molar-refractivity contribution < 1.29 is 67.1 Å². The number of hydrogen-bond acceptors (Lipinski definition) is 13. The van der Waals surface area contributed by atoms with Crippen LogP contribution in [-0.2, 0) is 86.9 Å². The zero-order chi connectivity index (χ0) is 19.8. The molecule has 0 aromatic rings. The second-order valence-corrected chi connectivity index (χ2v) is 7.63. The quantitative estimate of drug-likeness (QED) is 0.117. The van der Waals surface area contributed by atoms with Crippen LogP contribution in [0, 0.1) is 0 Å². The van der Waals surface area contributed by atoms with Crippen molar-refractivity contribution in [3.05, 3.63) is 0 Å². The Morgan fingerprint density at radius 3 is 1.35 bits per heavy atom. The average Bonchev–Trinajstić information content (AvgIpc) is 2.45. The van der Waals surface area contributed by atoms with E-state index in [0.717, 1.165) is 0 Å². The van der Waals surface area contributed by atoms with Gasteiger partial charge in [0.05, 0.1) is 0 Å². The molecule has 2 unspecified atom stereocenters. The van der Waals surface area contributed by atoms with Gasteiger partial charge in [0.2, 0.25) is 0 Å². The molecule has 0 aliphatic rings. The molecular weight excluding hydrogens is 468 g/mol. The summed E-state index contributed by atoms with van der Waals surface area (Å²) in [5, 5.41) is 0. The van der Waals surface area contributed by atoms with Crippen molar-refractivity contribution in [1.82, 2.24) is 3.48 Å². The fraction of sp³-hybridized carbons (Fsp3) is 0. The maximum atomic E-state index is 11.5. The fourth-order valence-electron chi connectivity index (χ4n) is 0.627. The van der Waals surface area contributed by atoms with Crippen molar-refractivity contribution in [2.75, 3.05) is 0 Å².